The number of halogens is 2. The molecule has 3 rings (SSSR count). The normalized spacial score (nSPS) is 11.5. The van der Waals surface area contributed by atoms with Crippen LogP contribution in [0.1, 0.15) is 5.56 Å². The first kappa shape index (κ1) is 21.5. The Morgan fingerprint density at radius 3 is 2.63 bits per heavy atom. The second-order valence-electron chi connectivity index (χ2n) is 6.11. The standard InChI is InChI=1S/C21H18F2N4O2S/c1-28-12-16(23)13-30-18-8-19(29-17-5-3-15(22)4-6-17)21(26-11-18)27-20-7-2-14(9-24)10-25-20/h2-8,10-11,16H,12-13H2,1H3,(H,25,26,27). The fourth-order valence-corrected chi connectivity index (χ4v) is 3.16. The number of anilines is 2. The van der Waals surface area contributed by atoms with E-state index in [1.54, 1.807) is 24.4 Å². The Balaban J connectivity index is 1.83. The number of pyridine rings is 2. The van der Waals surface area contributed by atoms with Crippen LogP contribution >= 0.6 is 11.8 Å². The van der Waals surface area contributed by atoms with Gasteiger partial charge >= 0.3 is 0 Å². The summed E-state index contributed by atoms with van der Waals surface area (Å²) in [6, 6.07) is 12.5. The summed E-state index contributed by atoms with van der Waals surface area (Å²) in [6.45, 7) is 0.0172. The van der Waals surface area contributed by atoms with Crippen molar-refractivity contribution >= 4 is 23.4 Å². The summed E-state index contributed by atoms with van der Waals surface area (Å²) in [7, 11) is 1.45. The van der Waals surface area contributed by atoms with E-state index in [-0.39, 0.29) is 18.2 Å². The quantitative estimate of drug-likeness (QED) is 0.475. The maximum atomic E-state index is 13.7. The Morgan fingerprint density at radius 2 is 1.97 bits per heavy atom. The first-order chi connectivity index (χ1) is 14.6. The monoisotopic (exact) mass is 428 g/mol. The summed E-state index contributed by atoms with van der Waals surface area (Å²) in [6.07, 6.45) is 1.92. The van der Waals surface area contributed by atoms with E-state index in [4.69, 9.17) is 14.7 Å². The molecule has 154 valence electrons. The van der Waals surface area contributed by atoms with Gasteiger partial charge in [-0.25, -0.2) is 18.7 Å². The predicted molar refractivity (Wildman–Crippen MR) is 110 cm³/mol. The average Bonchev–Trinajstić information content (AvgIpc) is 2.76. The highest BCUT2D eigenvalue weighted by atomic mass is 32.2. The molecule has 1 aromatic carbocycles. The molecule has 6 nitrogen and oxygen atoms in total. The zero-order chi connectivity index (χ0) is 21.3. The van der Waals surface area contributed by atoms with Crippen molar-refractivity contribution in [1.29, 1.82) is 5.26 Å². The lowest BCUT2D eigenvalue weighted by Gasteiger charge is -2.14. The number of thioether (sulfide) groups is 1. The number of benzene rings is 1. The van der Waals surface area contributed by atoms with E-state index in [0.717, 1.165) is 0 Å². The van der Waals surface area contributed by atoms with Gasteiger partial charge in [0.1, 0.15) is 29.6 Å². The highest BCUT2D eigenvalue weighted by Crippen LogP contribution is 2.33. The van der Waals surface area contributed by atoms with Crippen molar-refractivity contribution in [2.45, 2.75) is 11.1 Å². The minimum absolute atomic E-state index is 0.0172. The lowest BCUT2D eigenvalue weighted by atomic mass is 10.3. The summed E-state index contributed by atoms with van der Waals surface area (Å²) in [4.78, 5) is 9.22. The first-order valence-corrected chi connectivity index (χ1v) is 9.88. The molecule has 1 N–H and O–H groups in total. The van der Waals surface area contributed by atoms with Gasteiger partial charge in [-0.05, 0) is 42.5 Å². The molecular formula is C21H18F2N4O2S. The zero-order valence-electron chi connectivity index (χ0n) is 16.0. The molecule has 1 atom stereocenters. The molecule has 0 bridgehead atoms. The molecule has 2 aromatic heterocycles. The van der Waals surface area contributed by atoms with Gasteiger partial charge in [0.05, 0.1) is 12.2 Å². The van der Waals surface area contributed by atoms with Crippen molar-refractivity contribution < 1.29 is 18.3 Å². The molecule has 0 aliphatic rings. The number of hydrogen-bond donors (Lipinski definition) is 1. The van der Waals surface area contributed by atoms with Crippen LogP contribution in [0.15, 0.2) is 59.8 Å². The van der Waals surface area contributed by atoms with Crippen molar-refractivity contribution in [2.24, 2.45) is 0 Å². The molecule has 0 saturated carbocycles. The van der Waals surface area contributed by atoms with Crippen molar-refractivity contribution in [3.8, 4) is 17.6 Å². The molecule has 30 heavy (non-hydrogen) atoms. The number of alkyl halides is 1. The van der Waals surface area contributed by atoms with Gasteiger partial charge in [0.2, 0.25) is 0 Å². The molecule has 1 unspecified atom stereocenters. The van der Waals surface area contributed by atoms with Gasteiger partial charge in [0, 0.05) is 30.2 Å². The lowest BCUT2D eigenvalue weighted by Crippen LogP contribution is -2.11. The van der Waals surface area contributed by atoms with Gasteiger partial charge in [-0.1, -0.05) is 0 Å². The third-order valence-electron chi connectivity index (χ3n) is 3.79. The van der Waals surface area contributed by atoms with E-state index in [9.17, 15) is 8.78 Å². The van der Waals surface area contributed by atoms with E-state index in [0.29, 0.717) is 33.6 Å². The smallest absolute Gasteiger partial charge is 0.175 e. The second-order valence-corrected chi connectivity index (χ2v) is 7.20. The lowest BCUT2D eigenvalue weighted by molar-refractivity contribution is 0.135. The molecule has 0 spiro atoms. The van der Waals surface area contributed by atoms with Crippen molar-refractivity contribution in [2.75, 3.05) is 24.8 Å². The first-order valence-electron chi connectivity index (χ1n) is 8.90. The van der Waals surface area contributed by atoms with Crippen LogP contribution < -0.4 is 10.1 Å². The van der Waals surface area contributed by atoms with Gasteiger partial charge in [-0.15, -0.1) is 11.8 Å². The molecule has 0 aliphatic heterocycles. The Morgan fingerprint density at radius 1 is 1.17 bits per heavy atom. The van der Waals surface area contributed by atoms with E-state index >= 15 is 0 Å². The SMILES string of the molecule is COCC(F)CSc1cnc(Nc2ccc(C#N)cn2)c(Oc2ccc(F)cc2)c1. The molecule has 0 radical (unpaired) electrons. The van der Waals surface area contributed by atoms with Crippen LogP contribution in [-0.4, -0.2) is 35.6 Å². The van der Waals surface area contributed by atoms with Gasteiger partial charge in [0.15, 0.2) is 11.6 Å². The summed E-state index contributed by atoms with van der Waals surface area (Å²) in [5.74, 6) is 1.44. The Hall–Kier alpha value is -3.22. The predicted octanol–water partition coefficient (Wildman–Crippen LogP) is 5.10. The fraction of sp³-hybridized carbons (Fsp3) is 0.190. The van der Waals surface area contributed by atoms with E-state index in [1.807, 2.05) is 6.07 Å². The minimum atomic E-state index is -1.11. The number of ether oxygens (including phenoxy) is 2. The van der Waals surface area contributed by atoms with Crippen LogP contribution in [0.2, 0.25) is 0 Å². The number of nitriles is 1. The maximum Gasteiger partial charge on any atom is 0.175 e. The summed E-state index contributed by atoms with van der Waals surface area (Å²) in [5, 5.41) is 11.9. The number of methoxy groups -OCH3 is 1. The fourth-order valence-electron chi connectivity index (χ4n) is 2.38. The van der Waals surface area contributed by atoms with Crippen molar-refractivity contribution in [3.05, 3.63) is 66.2 Å². The largest absolute Gasteiger partial charge is 0.453 e. The third kappa shape index (κ3) is 6.14. The highest BCUT2D eigenvalue weighted by molar-refractivity contribution is 7.99. The van der Waals surface area contributed by atoms with Crippen LogP contribution in [0.5, 0.6) is 11.5 Å². The van der Waals surface area contributed by atoms with Gasteiger partial charge in [0.25, 0.3) is 0 Å². The summed E-state index contributed by atoms with van der Waals surface area (Å²) < 4.78 is 37.6. The van der Waals surface area contributed by atoms with Crippen molar-refractivity contribution in [3.63, 3.8) is 0 Å². The van der Waals surface area contributed by atoms with Gasteiger partial charge < -0.3 is 14.8 Å². The molecule has 3 aromatic rings. The Labute approximate surface area is 176 Å². The van der Waals surface area contributed by atoms with Crippen LogP contribution in [0.4, 0.5) is 20.4 Å². The average molecular weight is 428 g/mol. The van der Waals surface area contributed by atoms with Crippen LogP contribution in [0, 0.1) is 17.1 Å². The van der Waals surface area contributed by atoms with Crippen LogP contribution in [0.3, 0.4) is 0 Å². The van der Waals surface area contributed by atoms with Crippen LogP contribution in [-0.2, 0) is 4.74 Å². The topological polar surface area (TPSA) is 80.1 Å². The molecule has 0 amide bonds. The molecular weight excluding hydrogens is 410 g/mol. The van der Waals surface area contributed by atoms with E-state index < -0.39 is 6.17 Å². The highest BCUT2D eigenvalue weighted by Gasteiger charge is 2.13. The zero-order valence-corrected chi connectivity index (χ0v) is 16.8. The van der Waals surface area contributed by atoms with E-state index in [1.165, 1.54) is 49.3 Å². The van der Waals surface area contributed by atoms with Gasteiger partial charge in [-0.3, -0.25) is 0 Å². The Bertz CT molecular complexity index is 1010. The molecule has 2 heterocycles. The maximum absolute atomic E-state index is 13.7. The Kier molecular flexibility index (Phi) is 7.54. The second kappa shape index (κ2) is 10.5. The van der Waals surface area contributed by atoms with Crippen molar-refractivity contribution in [1.82, 2.24) is 9.97 Å². The molecule has 0 aliphatic carbocycles. The molecule has 0 fully saturated rings. The van der Waals surface area contributed by atoms with Gasteiger partial charge in [-0.2, -0.15) is 5.26 Å². The molecule has 0 saturated heterocycles. The van der Waals surface area contributed by atoms with Crippen LogP contribution in [0.25, 0.3) is 0 Å². The number of nitrogens with zero attached hydrogens (tertiary/aromatic N) is 3. The number of rotatable bonds is 9. The third-order valence-corrected chi connectivity index (χ3v) is 4.87. The molecule has 9 heteroatoms. The number of nitrogens with one attached hydrogen (secondary N) is 1. The number of hydrogen-bond acceptors (Lipinski definition) is 7. The van der Waals surface area contributed by atoms with E-state index in [2.05, 4.69) is 15.3 Å². The summed E-state index contributed by atoms with van der Waals surface area (Å²) in [5.41, 5.74) is 0.430. The number of aromatic nitrogens is 2. The summed E-state index contributed by atoms with van der Waals surface area (Å²) >= 11 is 1.28. The minimum Gasteiger partial charge on any atom is -0.453 e.